The van der Waals surface area contributed by atoms with Crippen LogP contribution < -0.4 is 4.74 Å². The Morgan fingerprint density at radius 2 is 2.05 bits per heavy atom. The van der Waals surface area contributed by atoms with Crippen LogP contribution in [0.25, 0.3) is 0 Å². The van der Waals surface area contributed by atoms with Gasteiger partial charge in [0.1, 0.15) is 18.0 Å². The molecule has 1 saturated heterocycles. The summed E-state index contributed by atoms with van der Waals surface area (Å²) in [6.45, 7) is 0. The first kappa shape index (κ1) is 13.4. The molecule has 20 heavy (non-hydrogen) atoms. The third kappa shape index (κ3) is 2.27. The fourth-order valence-electron chi connectivity index (χ4n) is 2.76. The highest BCUT2D eigenvalue weighted by molar-refractivity contribution is 7.91. The first-order chi connectivity index (χ1) is 9.50. The summed E-state index contributed by atoms with van der Waals surface area (Å²) < 4.78 is 28.7. The molecule has 6 nitrogen and oxygen atoms in total. The predicted octanol–water partition coefficient (Wildman–Crippen LogP) is 0.348. The minimum Gasteiger partial charge on any atom is -0.486 e. The zero-order chi connectivity index (χ0) is 14.3. The molecule has 2 atom stereocenters. The lowest BCUT2D eigenvalue weighted by Gasteiger charge is -2.18. The van der Waals surface area contributed by atoms with Gasteiger partial charge >= 0.3 is 0 Å². The van der Waals surface area contributed by atoms with Crippen LogP contribution in [0.5, 0.6) is 5.75 Å². The van der Waals surface area contributed by atoms with Gasteiger partial charge in [0.2, 0.25) is 0 Å². The van der Waals surface area contributed by atoms with E-state index in [9.17, 15) is 13.5 Å². The number of oxime groups is 1. The van der Waals surface area contributed by atoms with Crippen LogP contribution in [-0.4, -0.2) is 48.2 Å². The van der Waals surface area contributed by atoms with E-state index in [0.717, 1.165) is 11.1 Å². The first-order valence-electron chi connectivity index (χ1n) is 6.38. The summed E-state index contributed by atoms with van der Waals surface area (Å²) in [7, 11) is -3.23. The van der Waals surface area contributed by atoms with Crippen molar-refractivity contribution in [1.29, 1.82) is 0 Å². The van der Waals surface area contributed by atoms with Gasteiger partial charge < -0.3 is 15.1 Å². The third-order valence-corrected chi connectivity index (χ3v) is 5.41. The number of fused-ring (bicyclic) bond motifs is 1. The standard InChI is InChI=1S/C13H15NO5S/c15-11-6-20(17,18)7-13(11)19-12-3-1-2-8-9(12)4-5-10(8)14-16/h1-3,11,13,15-16H,4-7H2. The van der Waals surface area contributed by atoms with E-state index >= 15 is 0 Å². The van der Waals surface area contributed by atoms with E-state index in [0.29, 0.717) is 24.3 Å². The lowest BCUT2D eigenvalue weighted by atomic mass is 10.1. The molecule has 1 fully saturated rings. The molecule has 2 N–H and O–H groups in total. The van der Waals surface area contributed by atoms with Crippen molar-refractivity contribution >= 4 is 15.5 Å². The van der Waals surface area contributed by atoms with Crippen LogP contribution in [0.4, 0.5) is 0 Å². The summed E-state index contributed by atoms with van der Waals surface area (Å²) in [5.74, 6) is 0.136. The van der Waals surface area contributed by atoms with Gasteiger partial charge in [-0.05, 0) is 18.9 Å². The molecule has 2 unspecified atom stereocenters. The third-order valence-electron chi connectivity index (χ3n) is 3.73. The van der Waals surface area contributed by atoms with Crippen LogP contribution in [-0.2, 0) is 16.3 Å². The lowest BCUT2D eigenvalue weighted by Crippen LogP contribution is -2.30. The number of benzene rings is 1. The maximum atomic E-state index is 11.5. The molecule has 0 amide bonds. The minimum atomic E-state index is -3.23. The maximum absolute atomic E-state index is 11.5. The Morgan fingerprint density at radius 3 is 2.70 bits per heavy atom. The minimum absolute atomic E-state index is 0.168. The van der Waals surface area contributed by atoms with E-state index in [1.165, 1.54) is 0 Å². The molecule has 7 heteroatoms. The maximum Gasteiger partial charge on any atom is 0.156 e. The summed E-state index contributed by atoms with van der Waals surface area (Å²) in [5, 5.41) is 21.9. The predicted molar refractivity (Wildman–Crippen MR) is 72.2 cm³/mol. The Labute approximate surface area is 116 Å². The van der Waals surface area contributed by atoms with E-state index in [1.54, 1.807) is 12.1 Å². The van der Waals surface area contributed by atoms with Crippen molar-refractivity contribution in [2.45, 2.75) is 25.0 Å². The number of hydrogen-bond acceptors (Lipinski definition) is 6. The van der Waals surface area contributed by atoms with E-state index < -0.39 is 22.0 Å². The average Bonchev–Trinajstić information content (AvgIpc) is 2.91. The van der Waals surface area contributed by atoms with Crippen molar-refractivity contribution in [3.63, 3.8) is 0 Å². The van der Waals surface area contributed by atoms with Crippen LogP contribution >= 0.6 is 0 Å². The second-order valence-electron chi connectivity index (χ2n) is 5.13. The quantitative estimate of drug-likeness (QED) is 0.606. The Morgan fingerprint density at radius 1 is 1.25 bits per heavy atom. The molecular weight excluding hydrogens is 282 g/mol. The molecule has 0 aromatic heterocycles. The van der Waals surface area contributed by atoms with Gasteiger partial charge in [0.05, 0.1) is 17.2 Å². The van der Waals surface area contributed by atoms with Crippen LogP contribution in [0.3, 0.4) is 0 Å². The van der Waals surface area contributed by atoms with Crippen LogP contribution in [0.1, 0.15) is 17.5 Å². The summed E-state index contributed by atoms with van der Waals surface area (Å²) in [6.07, 6.45) is -0.428. The zero-order valence-corrected chi connectivity index (χ0v) is 11.5. The Kier molecular flexibility index (Phi) is 3.18. The smallest absolute Gasteiger partial charge is 0.156 e. The van der Waals surface area contributed by atoms with E-state index in [4.69, 9.17) is 9.94 Å². The van der Waals surface area contributed by atoms with Crippen molar-refractivity contribution in [1.82, 2.24) is 0 Å². The number of rotatable bonds is 2. The SMILES string of the molecule is O=S1(=O)CC(O)C(Oc2cccc3c2CCC3=NO)C1. The molecule has 1 heterocycles. The number of hydrogen-bond donors (Lipinski definition) is 2. The number of aliphatic hydroxyl groups excluding tert-OH is 1. The van der Waals surface area contributed by atoms with E-state index in [1.807, 2.05) is 6.07 Å². The Balaban J connectivity index is 1.89. The monoisotopic (exact) mass is 297 g/mol. The highest BCUT2D eigenvalue weighted by Crippen LogP contribution is 2.32. The van der Waals surface area contributed by atoms with E-state index in [2.05, 4.69) is 5.16 Å². The fourth-order valence-corrected chi connectivity index (χ4v) is 4.42. The van der Waals surface area contributed by atoms with Gasteiger partial charge in [-0.3, -0.25) is 0 Å². The van der Waals surface area contributed by atoms with Gasteiger partial charge in [-0.2, -0.15) is 0 Å². The Bertz CT molecular complexity index is 667. The molecule has 1 aliphatic heterocycles. The van der Waals surface area contributed by atoms with Gasteiger partial charge in [0.25, 0.3) is 0 Å². The van der Waals surface area contributed by atoms with Gasteiger partial charge in [0, 0.05) is 11.1 Å². The molecule has 0 radical (unpaired) electrons. The van der Waals surface area contributed by atoms with Crippen molar-refractivity contribution in [3.05, 3.63) is 29.3 Å². The van der Waals surface area contributed by atoms with E-state index in [-0.39, 0.29) is 11.5 Å². The molecule has 0 spiro atoms. The number of ether oxygens (including phenoxy) is 1. The number of sulfone groups is 1. The summed E-state index contributed by atoms with van der Waals surface area (Å²) in [6, 6.07) is 5.35. The molecule has 2 aliphatic rings. The van der Waals surface area contributed by atoms with Gasteiger partial charge in [-0.1, -0.05) is 17.3 Å². The van der Waals surface area contributed by atoms with Crippen molar-refractivity contribution in [2.24, 2.45) is 5.16 Å². The van der Waals surface area contributed by atoms with Gasteiger partial charge in [-0.15, -0.1) is 0 Å². The van der Waals surface area contributed by atoms with Crippen LogP contribution in [0.2, 0.25) is 0 Å². The fraction of sp³-hybridized carbons (Fsp3) is 0.462. The molecule has 1 aromatic carbocycles. The normalized spacial score (nSPS) is 29.6. The van der Waals surface area contributed by atoms with Crippen LogP contribution in [0, 0.1) is 0 Å². The molecule has 0 saturated carbocycles. The summed E-state index contributed by atoms with van der Waals surface area (Å²) >= 11 is 0. The average molecular weight is 297 g/mol. The van der Waals surface area contributed by atoms with Gasteiger partial charge in [-0.25, -0.2) is 8.42 Å². The largest absolute Gasteiger partial charge is 0.486 e. The van der Waals surface area contributed by atoms with Crippen molar-refractivity contribution in [2.75, 3.05) is 11.5 Å². The molecule has 1 aromatic rings. The highest BCUT2D eigenvalue weighted by atomic mass is 32.2. The summed E-state index contributed by atoms with van der Waals surface area (Å²) in [5.41, 5.74) is 2.32. The number of aliphatic hydroxyl groups is 1. The number of nitrogens with zero attached hydrogens (tertiary/aromatic N) is 1. The van der Waals surface area contributed by atoms with Crippen molar-refractivity contribution in [3.8, 4) is 5.75 Å². The lowest BCUT2D eigenvalue weighted by molar-refractivity contribution is 0.0732. The second-order valence-corrected chi connectivity index (χ2v) is 7.28. The molecule has 1 aliphatic carbocycles. The first-order valence-corrected chi connectivity index (χ1v) is 8.20. The topological polar surface area (TPSA) is 96.2 Å². The van der Waals surface area contributed by atoms with Crippen molar-refractivity contribution < 1.29 is 23.5 Å². The summed E-state index contributed by atoms with van der Waals surface area (Å²) in [4.78, 5) is 0. The molecule has 108 valence electrons. The van der Waals surface area contributed by atoms with Gasteiger partial charge in [0.15, 0.2) is 9.84 Å². The molecular formula is C13H15NO5S. The second kappa shape index (κ2) is 4.75. The molecule has 3 rings (SSSR count). The highest BCUT2D eigenvalue weighted by Gasteiger charge is 2.38. The molecule has 0 bridgehead atoms. The zero-order valence-electron chi connectivity index (χ0n) is 10.7. The Hall–Kier alpha value is -1.60. The van der Waals surface area contributed by atoms with Crippen LogP contribution in [0.15, 0.2) is 23.4 Å².